The second-order valence-corrected chi connectivity index (χ2v) is 13.7. The molecule has 7 nitrogen and oxygen atoms in total. The van der Waals surface area contributed by atoms with E-state index in [1.54, 1.807) is 0 Å². The summed E-state index contributed by atoms with van der Waals surface area (Å²) in [6, 6.07) is 0. The zero-order valence-electron chi connectivity index (χ0n) is 29.4. The minimum absolute atomic E-state index is 0.163. The summed E-state index contributed by atoms with van der Waals surface area (Å²) in [6.45, 7) is 4.20. The van der Waals surface area contributed by atoms with Crippen molar-refractivity contribution in [2.24, 2.45) is 0 Å². The van der Waals surface area contributed by atoms with Crippen LogP contribution in [-0.2, 0) is 9.47 Å². The van der Waals surface area contributed by atoms with E-state index in [-0.39, 0.29) is 6.61 Å². The van der Waals surface area contributed by atoms with Gasteiger partial charge in [0.15, 0.2) is 6.29 Å². The molecule has 0 aromatic heterocycles. The van der Waals surface area contributed by atoms with Crippen LogP contribution in [0.5, 0.6) is 0 Å². The van der Waals surface area contributed by atoms with Crippen LogP contribution in [-0.4, -0.2) is 75.6 Å². The lowest BCUT2D eigenvalue weighted by Gasteiger charge is -2.39. The molecular formula is C38H74O7. The first-order chi connectivity index (χ1) is 21.9. The molecule has 1 saturated heterocycles. The monoisotopic (exact) mass is 643 g/mol. The number of ether oxygens (including phenoxy) is 2. The minimum atomic E-state index is -1.46. The van der Waals surface area contributed by atoms with Crippen LogP contribution < -0.4 is 0 Å². The first-order valence-corrected chi connectivity index (χ1v) is 19.2. The average molecular weight is 643 g/mol. The van der Waals surface area contributed by atoms with E-state index in [2.05, 4.69) is 13.8 Å². The summed E-state index contributed by atoms with van der Waals surface area (Å²) < 4.78 is 11.4. The molecule has 0 aliphatic carbocycles. The largest absolute Gasteiger partial charge is 0.394 e. The lowest BCUT2D eigenvalue weighted by Crippen LogP contribution is -2.59. The van der Waals surface area contributed by atoms with Crippen LogP contribution in [0.3, 0.4) is 0 Å². The molecule has 1 aliphatic heterocycles. The van der Waals surface area contributed by atoms with Gasteiger partial charge in [-0.05, 0) is 24.8 Å². The number of hydrogen-bond acceptors (Lipinski definition) is 7. The fourth-order valence-corrected chi connectivity index (χ4v) is 6.34. The van der Waals surface area contributed by atoms with Gasteiger partial charge in [-0.2, -0.15) is 0 Å². The van der Waals surface area contributed by atoms with Crippen molar-refractivity contribution in [1.29, 1.82) is 0 Å². The molecule has 45 heavy (non-hydrogen) atoms. The Hall–Kier alpha value is -0.540. The van der Waals surface area contributed by atoms with Gasteiger partial charge in [0.25, 0.3) is 0 Å². The lowest BCUT2D eigenvalue weighted by molar-refractivity contribution is -0.299. The fraction of sp³-hybridized carbons (Fsp3) is 0.947. The van der Waals surface area contributed by atoms with Crippen LogP contribution in [0.1, 0.15) is 181 Å². The smallest absolute Gasteiger partial charge is 0.187 e. The molecule has 0 amide bonds. The molecule has 6 unspecified atom stereocenters. The van der Waals surface area contributed by atoms with Gasteiger partial charge < -0.3 is 35.0 Å². The van der Waals surface area contributed by atoms with Crippen molar-refractivity contribution in [2.45, 2.75) is 218 Å². The van der Waals surface area contributed by atoms with E-state index in [4.69, 9.17) is 9.47 Å². The van der Waals surface area contributed by atoms with E-state index in [0.717, 1.165) is 44.1 Å². The Labute approximate surface area is 277 Å². The van der Waals surface area contributed by atoms with Crippen LogP contribution in [0.25, 0.3) is 0 Å². The predicted molar refractivity (Wildman–Crippen MR) is 185 cm³/mol. The van der Waals surface area contributed by atoms with Crippen molar-refractivity contribution in [3.05, 3.63) is 11.6 Å². The van der Waals surface area contributed by atoms with Gasteiger partial charge in [-0.15, -0.1) is 0 Å². The Morgan fingerprint density at radius 3 is 1.47 bits per heavy atom. The van der Waals surface area contributed by atoms with Gasteiger partial charge in [0, 0.05) is 0 Å². The molecule has 0 saturated carbocycles. The highest BCUT2D eigenvalue weighted by molar-refractivity contribution is 5.06. The SMILES string of the molecule is CCCCCCCCCCCCCCC(=CC(O)CCCCCCCCCCCCCC)COC1OC(CO)C(O)C(O)C1O. The molecule has 0 aromatic carbocycles. The number of hydrogen-bond donors (Lipinski definition) is 5. The van der Waals surface area contributed by atoms with Gasteiger partial charge in [0.2, 0.25) is 0 Å². The Morgan fingerprint density at radius 2 is 1.02 bits per heavy atom. The van der Waals surface area contributed by atoms with Gasteiger partial charge in [-0.3, -0.25) is 0 Å². The summed E-state index contributed by atoms with van der Waals surface area (Å²) >= 11 is 0. The molecular weight excluding hydrogens is 568 g/mol. The third-order valence-electron chi connectivity index (χ3n) is 9.41. The van der Waals surface area contributed by atoms with Crippen LogP contribution in [0, 0.1) is 0 Å². The minimum Gasteiger partial charge on any atom is -0.394 e. The quantitative estimate of drug-likeness (QED) is 0.0381. The molecule has 268 valence electrons. The van der Waals surface area contributed by atoms with Crippen molar-refractivity contribution >= 4 is 0 Å². The Morgan fingerprint density at radius 1 is 0.600 bits per heavy atom. The third kappa shape index (κ3) is 21.9. The van der Waals surface area contributed by atoms with Crippen LogP contribution in [0.2, 0.25) is 0 Å². The second kappa shape index (κ2) is 29.6. The molecule has 0 aromatic rings. The van der Waals surface area contributed by atoms with Crippen molar-refractivity contribution in [1.82, 2.24) is 0 Å². The van der Waals surface area contributed by atoms with E-state index in [1.807, 2.05) is 6.08 Å². The van der Waals surface area contributed by atoms with Crippen LogP contribution in [0.15, 0.2) is 11.6 Å². The van der Waals surface area contributed by atoms with Gasteiger partial charge in [-0.1, -0.05) is 168 Å². The van der Waals surface area contributed by atoms with Gasteiger partial charge in [0.05, 0.1) is 19.3 Å². The molecule has 5 N–H and O–H groups in total. The second-order valence-electron chi connectivity index (χ2n) is 13.7. The number of aliphatic hydroxyl groups excluding tert-OH is 5. The molecule has 6 atom stereocenters. The molecule has 7 heteroatoms. The number of unbranched alkanes of at least 4 members (excludes halogenated alkanes) is 22. The molecule has 0 radical (unpaired) electrons. The normalized spacial score (nSPS) is 23.1. The van der Waals surface area contributed by atoms with E-state index in [0.29, 0.717) is 0 Å². The van der Waals surface area contributed by atoms with Gasteiger partial charge in [0.1, 0.15) is 24.4 Å². The Kier molecular flexibility index (Phi) is 27.9. The summed E-state index contributed by atoms with van der Waals surface area (Å²) in [5.41, 5.74) is 0.963. The van der Waals surface area contributed by atoms with Crippen LogP contribution in [0.4, 0.5) is 0 Å². The van der Waals surface area contributed by atoms with Crippen LogP contribution >= 0.6 is 0 Å². The molecule has 1 rings (SSSR count). The molecule has 0 bridgehead atoms. The first-order valence-electron chi connectivity index (χ1n) is 19.2. The Bertz CT molecular complexity index is 670. The topological polar surface area (TPSA) is 120 Å². The summed E-state index contributed by atoms with van der Waals surface area (Å²) in [5.74, 6) is 0. The number of aliphatic hydroxyl groups is 5. The third-order valence-corrected chi connectivity index (χ3v) is 9.41. The molecule has 1 aliphatic rings. The lowest BCUT2D eigenvalue weighted by atomic mass is 9.99. The number of rotatable bonds is 31. The maximum absolute atomic E-state index is 10.8. The average Bonchev–Trinajstić information content (AvgIpc) is 3.04. The van der Waals surface area contributed by atoms with E-state index in [9.17, 15) is 25.5 Å². The first kappa shape index (κ1) is 42.5. The van der Waals surface area contributed by atoms with E-state index >= 15 is 0 Å². The van der Waals surface area contributed by atoms with Gasteiger partial charge >= 0.3 is 0 Å². The maximum atomic E-state index is 10.8. The predicted octanol–water partition coefficient (Wildman–Crippen LogP) is 8.27. The van der Waals surface area contributed by atoms with Gasteiger partial charge in [-0.25, -0.2) is 0 Å². The zero-order chi connectivity index (χ0) is 33.0. The van der Waals surface area contributed by atoms with Crippen molar-refractivity contribution in [2.75, 3.05) is 13.2 Å². The molecule has 1 fully saturated rings. The summed E-state index contributed by atoms with van der Waals surface area (Å²) in [7, 11) is 0. The summed E-state index contributed by atoms with van der Waals surface area (Å²) in [4.78, 5) is 0. The molecule has 0 spiro atoms. The summed E-state index contributed by atoms with van der Waals surface area (Å²) in [6.07, 6.45) is 27.3. The Balaban J connectivity index is 2.39. The maximum Gasteiger partial charge on any atom is 0.187 e. The van der Waals surface area contributed by atoms with Crippen molar-refractivity contribution in [3.8, 4) is 0 Å². The van der Waals surface area contributed by atoms with Crippen molar-refractivity contribution < 1.29 is 35.0 Å². The summed E-state index contributed by atoms with van der Waals surface area (Å²) in [5, 5.41) is 50.8. The standard InChI is InChI=1S/C38H74O7/c1-3-5-7-9-11-13-15-17-19-21-23-25-27-32(31-44-38-37(43)36(42)35(41)34(30-39)45-38)29-33(40)28-26-24-22-20-18-16-14-12-10-8-6-4-2/h29,33-43H,3-28,30-31H2,1-2H3. The zero-order valence-corrected chi connectivity index (χ0v) is 29.4. The highest BCUT2D eigenvalue weighted by Gasteiger charge is 2.44. The van der Waals surface area contributed by atoms with E-state index in [1.165, 1.54) is 128 Å². The van der Waals surface area contributed by atoms with Crippen molar-refractivity contribution in [3.63, 3.8) is 0 Å². The van der Waals surface area contributed by atoms with E-state index < -0.39 is 43.4 Å². The highest BCUT2D eigenvalue weighted by atomic mass is 16.7. The highest BCUT2D eigenvalue weighted by Crippen LogP contribution is 2.24. The fourth-order valence-electron chi connectivity index (χ4n) is 6.34. The molecule has 1 heterocycles.